The minimum absolute atomic E-state index is 0.182. The molecule has 26 heavy (non-hydrogen) atoms. The number of anilines is 2. The number of thiazole rings is 1. The van der Waals surface area contributed by atoms with E-state index in [2.05, 4.69) is 20.8 Å². The van der Waals surface area contributed by atoms with Gasteiger partial charge in [-0.1, -0.05) is 53.8 Å². The molecule has 0 aliphatic heterocycles. The third-order valence-corrected chi connectivity index (χ3v) is 4.29. The lowest BCUT2D eigenvalue weighted by molar-refractivity contribution is -0.114. The number of aromatic nitrogens is 1. The molecule has 0 unspecified atom stereocenters. The van der Waals surface area contributed by atoms with Gasteiger partial charge in [0.25, 0.3) is 5.91 Å². The lowest BCUT2D eigenvalue weighted by Crippen LogP contribution is -2.16. The fraction of sp³-hybridized carbons (Fsp3) is 0.0556. The Kier molecular flexibility index (Phi) is 5.14. The third kappa shape index (κ3) is 3.81. The number of rotatable bonds is 5. The van der Waals surface area contributed by atoms with Gasteiger partial charge in [-0.25, -0.2) is 4.98 Å². The van der Waals surface area contributed by atoms with E-state index in [9.17, 15) is 14.5 Å². The first-order valence-electron chi connectivity index (χ1n) is 7.66. The molecule has 3 aromatic rings. The van der Waals surface area contributed by atoms with Crippen LogP contribution in [0, 0.1) is 4.91 Å². The van der Waals surface area contributed by atoms with Gasteiger partial charge in [0.1, 0.15) is 5.69 Å². The topological polar surface area (TPSA) is 101 Å². The highest BCUT2D eigenvalue weighted by Crippen LogP contribution is 2.38. The Balaban J connectivity index is 1.88. The molecule has 0 aliphatic carbocycles. The standard InChI is InChI=1S/C18H14N4O3S/c1-11(23)19-14-10-6-5-9-13(14)16(24)21-18-20-15(17(22-25)26-18)12-7-3-2-4-8-12/h2-10H,1H3,(H,19,23)(H,20,21,24). The zero-order valence-corrected chi connectivity index (χ0v) is 14.5. The fourth-order valence-electron chi connectivity index (χ4n) is 2.36. The van der Waals surface area contributed by atoms with Gasteiger partial charge in [-0.2, -0.15) is 0 Å². The van der Waals surface area contributed by atoms with Gasteiger partial charge in [-0.15, -0.1) is 4.91 Å². The van der Waals surface area contributed by atoms with E-state index < -0.39 is 5.91 Å². The summed E-state index contributed by atoms with van der Waals surface area (Å²) in [6, 6.07) is 15.7. The minimum atomic E-state index is -0.444. The SMILES string of the molecule is CC(=O)Nc1ccccc1C(=O)Nc1nc(-c2ccccc2)c(N=O)s1. The second-order valence-electron chi connectivity index (χ2n) is 5.31. The van der Waals surface area contributed by atoms with Crippen LogP contribution in [-0.4, -0.2) is 16.8 Å². The number of hydrogen-bond acceptors (Lipinski definition) is 6. The quantitative estimate of drug-likeness (QED) is 0.653. The molecule has 8 heteroatoms. The zero-order chi connectivity index (χ0) is 18.5. The van der Waals surface area contributed by atoms with Crippen molar-refractivity contribution in [3.63, 3.8) is 0 Å². The molecular formula is C18H14N4O3S. The van der Waals surface area contributed by atoms with Crippen molar-refractivity contribution in [1.82, 2.24) is 4.98 Å². The first-order valence-corrected chi connectivity index (χ1v) is 8.47. The van der Waals surface area contributed by atoms with Crippen LogP contribution in [0.25, 0.3) is 11.3 Å². The Morgan fingerprint density at radius 2 is 1.69 bits per heavy atom. The van der Waals surface area contributed by atoms with Gasteiger partial charge in [0.2, 0.25) is 5.91 Å². The largest absolute Gasteiger partial charge is 0.326 e. The van der Waals surface area contributed by atoms with Crippen LogP contribution in [0.5, 0.6) is 0 Å². The summed E-state index contributed by atoms with van der Waals surface area (Å²) in [6.45, 7) is 1.36. The van der Waals surface area contributed by atoms with E-state index in [0.29, 0.717) is 16.9 Å². The van der Waals surface area contributed by atoms with E-state index in [0.717, 1.165) is 16.9 Å². The van der Waals surface area contributed by atoms with E-state index in [4.69, 9.17) is 0 Å². The number of nitroso groups, excluding NO2 is 1. The van der Waals surface area contributed by atoms with Crippen LogP contribution in [0.4, 0.5) is 15.8 Å². The van der Waals surface area contributed by atoms with Crippen molar-refractivity contribution in [2.75, 3.05) is 10.6 Å². The van der Waals surface area contributed by atoms with Crippen molar-refractivity contribution in [2.45, 2.75) is 6.92 Å². The average molecular weight is 366 g/mol. The molecule has 3 rings (SSSR count). The Morgan fingerprint density at radius 1 is 1.00 bits per heavy atom. The van der Waals surface area contributed by atoms with Crippen LogP contribution < -0.4 is 10.6 Å². The number of nitrogens with one attached hydrogen (secondary N) is 2. The van der Waals surface area contributed by atoms with Gasteiger partial charge in [0.05, 0.1) is 11.3 Å². The van der Waals surface area contributed by atoms with Gasteiger partial charge in [0, 0.05) is 12.5 Å². The molecule has 2 N–H and O–H groups in total. The lowest BCUT2D eigenvalue weighted by Gasteiger charge is -2.08. The van der Waals surface area contributed by atoms with Gasteiger partial charge in [0.15, 0.2) is 10.1 Å². The first-order chi connectivity index (χ1) is 12.6. The molecule has 2 aromatic carbocycles. The van der Waals surface area contributed by atoms with Crippen LogP contribution >= 0.6 is 11.3 Å². The van der Waals surface area contributed by atoms with Crippen molar-refractivity contribution in [2.24, 2.45) is 5.18 Å². The Labute approximate surface area is 153 Å². The molecule has 0 saturated heterocycles. The number of nitrogens with zero attached hydrogens (tertiary/aromatic N) is 2. The predicted molar refractivity (Wildman–Crippen MR) is 102 cm³/mol. The second kappa shape index (κ2) is 7.66. The molecule has 2 amide bonds. The molecule has 7 nitrogen and oxygen atoms in total. The maximum Gasteiger partial charge on any atom is 0.259 e. The van der Waals surface area contributed by atoms with Gasteiger partial charge >= 0.3 is 0 Å². The third-order valence-electron chi connectivity index (χ3n) is 3.44. The second-order valence-corrected chi connectivity index (χ2v) is 6.29. The summed E-state index contributed by atoms with van der Waals surface area (Å²) in [4.78, 5) is 39.3. The van der Waals surface area contributed by atoms with E-state index in [1.165, 1.54) is 6.92 Å². The smallest absolute Gasteiger partial charge is 0.259 e. The highest BCUT2D eigenvalue weighted by Gasteiger charge is 2.18. The summed E-state index contributed by atoms with van der Waals surface area (Å²) in [6.07, 6.45) is 0. The number of benzene rings is 2. The summed E-state index contributed by atoms with van der Waals surface area (Å²) in [7, 11) is 0. The lowest BCUT2D eigenvalue weighted by atomic mass is 10.1. The fourth-order valence-corrected chi connectivity index (χ4v) is 3.12. The van der Waals surface area contributed by atoms with Crippen molar-refractivity contribution in [1.29, 1.82) is 0 Å². The molecule has 0 radical (unpaired) electrons. The Bertz CT molecular complexity index is 970. The molecule has 130 valence electrons. The van der Waals surface area contributed by atoms with Crippen molar-refractivity contribution < 1.29 is 9.59 Å². The van der Waals surface area contributed by atoms with E-state index in [1.54, 1.807) is 36.4 Å². The Morgan fingerprint density at radius 3 is 2.38 bits per heavy atom. The van der Waals surface area contributed by atoms with Gasteiger partial charge in [-0.05, 0) is 17.3 Å². The minimum Gasteiger partial charge on any atom is -0.326 e. The van der Waals surface area contributed by atoms with Crippen LogP contribution in [0.1, 0.15) is 17.3 Å². The molecule has 0 spiro atoms. The molecular weight excluding hydrogens is 352 g/mol. The molecule has 0 atom stereocenters. The zero-order valence-electron chi connectivity index (χ0n) is 13.7. The van der Waals surface area contributed by atoms with E-state index in [1.807, 2.05) is 18.2 Å². The number of carbonyl (C=O) groups is 2. The molecule has 1 heterocycles. The van der Waals surface area contributed by atoms with Crippen LogP contribution in [0.3, 0.4) is 0 Å². The van der Waals surface area contributed by atoms with Crippen molar-refractivity contribution >= 4 is 39.0 Å². The normalized spacial score (nSPS) is 10.2. The number of para-hydroxylation sites is 1. The molecule has 0 bridgehead atoms. The maximum atomic E-state index is 12.6. The molecule has 0 fully saturated rings. The van der Waals surface area contributed by atoms with Gasteiger partial charge in [-0.3, -0.25) is 14.9 Å². The highest BCUT2D eigenvalue weighted by molar-refractivity contribution is 7.19. The van der Waals surface area contributed by atoms with E-state index >= 15 is 0 Å². The monoisotopic (exact) mass is 366 g/mol. The summed E-state index contributed by atoms with van der Waals surface area (Å²) in [5, 5.41) is 8.70. The summed E-state index contributed by atoms with van der Waals surface area (Å²) in [5.41, 5.74) is 1.83. The van der Waals surface area contributed by atoms with Crippen LogP contribution in [0.15, 0.2) is 59.8 Å². The maximum absolute atomic E-state index is 12.6. The van der Waals surface area contributed by atoms with Crippen molar-refractivity contribution in [3.05, 3.63) is 65.1 Å². The number of carbonyl (C=O) groups excluding carboxylic acids is 2. The summed E-state index contributed by atoms with van der Waals surface area (Å²) < 4.78 is 0. The molecule has 1 aromatic heterocycles. The average Bonchev–Trinajstić information content (AvgIpc) is 3.05. The Hall–Kier alpha value is -3.39. The van der Waals surface area contributed by atoms with Gasteiger partial charge < -0.3 is 5.32 Å². The molecule has 0 saturated carbocycles. The first kappa shape index (κ1) is 17.4. The predicted octanol–water partition coefficient (Wildman–Crippen LogP) is 4.42. The summed E-state index contributed by atoms with van der Waals surface area (Å²) >= 11 is 0.988. The van der Waals surface area contributed by atoms with Crippen molar-refractivity contribution in [3.8, 4) is 11.3 Å². The highest BCUT2D eigenvalue weighted by atomic mass is 32.1. The number of amides is 2. The van der Waals surface area contributed by atoms with Crippen LogP contribution in [-0.2, 0) is 4.79 Å². The van der Waals surface area contributed by atoms with Crippen LogP contribution in [0.2, 0.25) is 0 Å². The number of hydrogen-bond donors (Lipinski definition) is 2. The molecule has 0 aliphatic rings. The van der Waals surface area contributed by atoms with E-state index in [-0.39, 0.29) is 16.0 Å². The summed E-state index contributed by atoms with van der Waals surface area (Å²) in [5.74, 6) is -0.724.